The normalized spacial score (nSPS) is 26.2. The number of carbonyl (C=O) groups excluding carboxylic acids is 2. The largest absolute Gasteiger partial charge is 0.349 e. The Morgan fingerprint density at radius 2 is 2.10 bits per heavy atom. The molecular formula is C15H18FN3O2. The van der Waals surface area contributed by atoms with Crippen LogP contribution < -0.4 is 10.6 Å². The number of benzene rings is 1. The lowest BCUT2D eigenvalue weighted by Gasteiger charge is -2.22. The summed E-state index contributed by atoms with van der Waals surface area (Å²) in [5, 5.41) is 5.51. The number of nitrogens with zero attached hydrogens (tertiary/aromatic N) is 1. The van der Waals surface area contributed by atoms with Crippen LogP contribution in [0.4, 0.5) is 9.18 Å². The fourth-order valence-corrected chi connectivity index (χ4v) is 3.65. The van der Waals surface area contributed by atoms with Crippen molar-refractivity contribution in [1.29, 1.82) is 0 Å². The molecule has 1 fully saturated rings. The van der Waals surface area contributed by atoms with Crippen LogP contribution in [0.25, 0.3) is 0 Å². The van der Waals surface area contributed by atoms with Crippen LogP contribution in [0.5, 0.6) is 0 Å². The third-order valence-corrected chi connectivity index (χ3v) is 4.45. The Hall–Kier alpha value is -2.11. The molecule has 3 atom stereocenters. The van der Waals surface area contributed by atoms with E-state index in [1.54, 1.807) is 18.0 Å². The first kappa shape index (κ1) is 13.9. The third kappa shape index (κ3) is 2.14. The Kier molecular flexibility index (Phi) is 3.31. The molecular weight excluding hydrogens is 273 g/mol. The van der Waals surface area contributed by atoms with E-state index in [-0.39, 0.29) is 35.6 Å². The van der Waals surface area contributed by atoms with Gasteiger partial charge >= 0.3 is 6.03 Å². The van der Waals surface area contributed by atoms with Gasteiger partial charge in [-0.3, -0.25) is 4.79 Å². The summed E-state index contributed by atoms with van der Waals surface area (Å²) in [7, 11) is 1.58. The van der Waals surface area contributed by atoms with E-state index in [1.807, 2.05) is 6.07 Å². The van der Waals surface area contributed by atoms with Crippen LogP contribution >= 0.6 is 0 Å². The topological polar surface area (TPSA) is 61.4 Å². The second-order valence-electron chi connectivity index (χ2n) is 5.65. The van der Waals surface area contributed by atoms with Gasteiger partial charge in [-0.15, -0.1) is 0 Å². The summed E-state index contributed by atoms with van der Waals surface area (Å²) >= 11 is 0. The summed E-state index contributed by atoms with van der Waals surface area (Å²) in [6, 6.07) is 4.58. The first-order valence-corrected chi connectivity index (χ1v) is 7.05. The number of nitrogens with one attached hydrogen (secondary N) is 2. The van der Waals surface area contributed by atoms with E-state index >= 15 is 0 Å². The molecule has 21 heavy (non-hydrogen) atoms. The van der Waals surface area contributed by atoms with Crippen LogP contribution in [-0.2, 0) is 4.79 Å². The average Bonchev–Trinajstić information content (AvgIpc) is 2.98. The van der Waals surface area contributed by atoms with Crippen molar-refractivity contribution < 1.29 is 14.0 Å². The van der Waals surface area contributed by atoms with Crippen molar-refractivity contribution in [1.82, 2.24) is 15.5 Å². The number of amides is 3. The highest BCUT2D eigenvalue weighted by Gasteiger charge is 2.48. The average molecular weight is 291 g/mol. The highest BCUT2D eigenvalue weighted by Crippen LogP contribution is 2.50. The minimum atomic E-state index is -0.255. The Balaban J connectivity index is 1.98. The number of likely N-dealkylation sites (tertiary alicyclic amines) is 1. The van der Waals surface area contributed by atoms with Gasteiger partial charge in [-0.2, -0.15) is 0 Å². The van der Waals surface area contributed by atoms with Crippen molar-refractivity contribution >= 4 is 11.9 Å². The maximum atomic E-state index is 14.2. The summed E-state index contributed by atoms with van der Waals surface area (Å²) < 4.78 is 14.2. The Morgan fingerprint density at radius 1 is 1.33 bits per heavy atom. The molecule has 1 aliphatic carbocycles. The maximum Gasteiger partial charge on any atom is 0.317 e. The zero-order valence-electron chi connectivity index (χ0n) is 12.0. The predicted molar refractivity (Wildman–Crippen MR) is 75.2 cm³/mol. The van der Waals surface area contributed by atoms with Crippen LogP contribution in [0.2, 0.25) is 0 Å². The molecule has 0 spiro atoms. The number of halogens is 1. The van der Waals surface area contributed by atoms with Crippen molar-refractivity contribution in [2.24, 2.45) is 5.92 Å². The number of hydrogen-bond donors (Lipinski definition) is 2. The summed E-state index contributed by atoms with van der Waals surface area (Å²) in [4.78, 5) is 24.9. The van der Waals surface area contributed by atoms with E-state index in [2.05, 4.69) is 10.6 Å². The van der Waals surface area contributed by atoms with Gasteiger partial charge in [0.2, 0.25) is 5.91 Å². The third-order valence-electron chi connectivity index (χ3n) is 4.45. The van der Waals surface area contributed by atoms with Gasteiger partial charge in [0.1, 0.15) is 5.82 Å². The minimum Gasteiger partial charge on any atom is -0.349 e. The second kappa shape index (κ2) is 5.02. The SMILES string of the molecule is CNC(=O)N1C[C@@H]2[C@H](NC(C)=O)c3cccc(F)c3[C@@H]2C1. The number of hydrogen-bond acceptors (Lipinski definition) is 2. The zero-order valence-corrected chi connectivity index (χ0v) is 12.0. The van der Waals surface area contributed by atoms with Crippen LogP contribution in [0.15, 0.2) is 18.2 Å². The summed E-state index contributed by atoms with van der Waals surface area (Å²) in [5.41, 5.74) is 1.49. The molecule has 0 bridgehead atoms. The molecule has 2 aliphatic rings. The van der Waals surface area contributed by atoms with Crippen LogP contribution in [0.3, 0.4) is 0 Å². The van der Waals surface area contributed by atoms with Gasteiger partial charge in [0.25, 0.3) is 0 Å². The van der Waals surface area contributed by atoms with Crippen molar-refractivity contribution in [2.45, 2.75) is 18.9 Å². The molecule has 1 heterocycles. The molecule has 5 nitrogen and oxygen atoms in total. The highest BCUT2D eigenvalue weighted by molar-refractivity contribution is 5.75. The van der Waals surface area contributed by atoms with Crippen molar-refractivity contribution in [3.8, 4) is 0 Å². The van der Waals surface area contributed by atoms with E-state index < -0.39 is 0 Å². The maximum absolute atomic E-state index is 14.2. The van der Waals surface area contributed by atoms with Crippen LogP contribution in [0, 0.1) is 11.7 Å². The predicted octanol–water partition coefficient (Wildman–Crippen LogP) is 1.37. The van der Waals surface area contributed by atoms with Crippen LogP contribution in [-0.4, -0.2) is 37.0 Å². The van der Waals surface area contributed by atoms with E-state index in [0.717, 1.165) is 5.56 Å². The number of urea groups is 1. The molecule has 3 amide bonds. The minimum absolute atomic E-state index is 0.0260. The first-order valence-electron chi connectivity index (χ1n) is 7.05. The molecule has 6 heteroatoms. The number of fused-ring (bicyclic) bond motifs is 3. The lowest BCUT2D eigenvalue weighted by Crippen LogP contribution is -2.38. The van der Waals surface area contributed by atoms with Gasteiger partial charge in [0.15, 0.2) is 0 Å². The zero-order chi connectivity index (χ0) is 15.1. The molecule has 0 saturated carbocycles. The highest BCUT2D eigenvalue weighted by atomic mass is 19.1. The second-order valence-corrected chi connectivity index (χ2v) is 5.65. The smallest absolute Gasteiger partial charge is 0.317 e. The fourth-order valence-electron chi connectivity index (χ4n) is 3.65. The lowest BCUT2D eigenvalue weighted by atomic mass is 9.94. The summed E-state index contributed by atoms with van der Waals surface area (Å²) in [6.45, 7) is 2.45. The molecule has 0 aromatic heterocycles. The number of carbonyl (C=O) groups is 2. The van der Waals surface area contributed by atoms with Gasteiger partial charge in [-0.1, -0.05) is 12.1 Å². The molecule has 0 unspecified atom stereocenters. The van der Waals surface area contributed by atoms with Gasteiger partial charge in [-0.05, 0) is 17.2 Å². The van der Waals surface area contributed by atoms with Gasteiger partial charge in [0, 0.05) is 38.9 Å². The van der Waals surface area contributed by atoms with Crippen molar-refractivity contribution in [3.05, 3.63) is 35.1 Å². The van der Waals surface area contributed by atoms with E-state index in [1.165, 1.54) is 13.0 Å². The van der Waals surface area contributed by atoms with Gasteiger partial charge in [-0.25, -0.2) is 9.18 Å². The summed E-state index contributed by atoms with van der Waals surface area (Å²) in [5.74, 6) is -0.434. The molecule has 0 radical (unpaired) electrons. The van der Waals surface area contributed by atoms with Gasteiger partial charge < -0.3 is 15.5 Å². The molecule has 1 aromatic rings. The van der Waals surface area contributed by atoms with Crippen LogP contribution in [0.1, 0.15) is 30.0 Å². The quantitative estimate of drug-likeness (QED) is 0.821. The molecule has 1 aromatic carbocycles. The van der Waals surface area contributed by atoms with E-state index in [9.17, 15) is 14.0 Å². The van der Waals surface area contributed by atoms with E-state index in [4.69, 9.17) is 0 Å². The molecule has 1 saturated heterocycles. The monoisotopic (exact) mass is 291 g/mol. The lowest BCUT2D eigenvalue weighted by molar-refractivity contribution is -0.120. The first-order chi connectivity index (χ1) is 10.0. The van der Waals surface area contributed by atoms with E-state index in [0.29, 0.717) is 18.7 Å². The Morgan fingerprint density at radius 3 is 2.76 bits per heavy atom. The van der Waals surface area contributed by atoms with Crippen molar-refractivity contribution in [3.63, 3.8) is 0 Å². The summed E-state index contributed by atoms with van der Waals surface area (Å²) in [6.07, 6.45) is 0. The standard InChI is InChI=1S/C15H18FN3O2/c1-8(20)18-14-9-4-3-5-12(16)13(9)10-6-19(7-11(10)14)15(21)17-2/h3-5,10-11,14H,6-7H2,1-2H3,(H,17,21)(H,18,20)/t10-,11+,14-/m1/s1. The number of rotatable bonds is 1. The molecule has 1 aliphatic heterocycles. The fraction of sp³-hybridized carbons (Fsp3) is 0.467. The Bertz CT molecular complexity index is 605. The Labute approximate surface area is 122 Å². The van der Waals surface area contributed by atoms with Crippen molar-refractivity contribution in [2.75, 3.05) is 20.1 Å². The van der Waals surface area contributed by atoms with Gasteiger partial charge in [0.05, 0.1) is 6.04 Å². The molecule has 112 valence electrons. The molecule has 2 N–H and O–H groups in total. The molecule has 3 rings (SSSR count).